The molecule has 2 aromatic rings. The van der Waals surface area contributed by atoms with E-state index in [1.807, 2.05) is 19.1 Å². The van der Waals surface area contributed by atoms with Crippen molar-refractivity contribution in [1.82, 2.24) is 5.32 Å². The summed E-state index contributed by atoms with van der Waals surface area (Å²) >= 11 is 3.54. The van der Waals surface area contributed by atoms with E-state index in [1.54, 1.807) is 7.11 Å². The normalized spacial score (nSPS) is 11.9. The molecule has 0 amide bonds. The molecule has 0 fully saturated rings. The smallest absolute Gasteiger partial charge is 0.161 e. The van der Waals surface area contributed by atoms with Crippen LogP contribution >= 0.6 is 15.9 Å². The zero-order valence-electron chi connectivity index (χ0n) is 16.0. The minimum absolute atomic E-state index is 0.212. The first-order valence-electron chi connectivity index (χ1n) is 9.04. The summed E-state index contributed by atoms with van der Waals surface area (Å²) in [6.45, 7) is 8.29. The molecule has 2 aromatic carbocycles. The van der Waals surface area contributed by atoms with E-state index < -0.39 is 0 Å². The number of hydrogen-bond acceptors (Lipinski definition) is 4. The number of ether oxygens (including phenoxy) is 3. The molecule has 0 saturated heterocycles. The number of benzene rings is 2. The van der Waals surface area contributed by atoms with Gasteiger partial charge in [0.2, 0.25) is 0 Å². The van der Waals surface area contributed by atoms with Gasteiger partial charge in [-0.15, -0.1) is 0 Å². The molecule has 142 valence electrons. The van der Waals surface area contributed by atoms with E-state index in [-0.39, 0.29) is 6.04 Å². The molecule has 26 heavy (non-hydrogen) atoms. The Morgan fingerprint density at radius 3 is 2.42 bits per heavy atom. The zero-order chi connectivity index (χ0) is 18.9. The number of hydrogen-bond donors (Lipinski definition) is 1. The molecule has 0 heterocycles. The van der Waals surface area contributed by atoms with Gasteiger partial charge in [0, 0.05) is 12.6 Å². The van der Waals surface area contributed by atoms with Crippen LogP contribution in [-0.2, 0) is 6.54 Å². The summed E-state index contributed by atoms with van der Waals surface area (Å²) in [7, 11) is 1.67. The van der Waals surface area contributed by atoms with Gasteiger partial charge in [-0.2, -0.15) is 0 Å². The Labute approximate surface area is 165 Å². The van der Waals surface area contributed by atoms with Gasteiger partial charge in [-0.05, 0) is 71.6 Å². The van der Waals surface area contributed by atoms with Crippen molar-refractivity contribution in [3.8, 4) is 17.2 Å². The lowest BCUT2D eigenvalue weighted by Crippen LogP contribution is -2.18. The lowest BCUT2D eigenvalue weighted by molar-refractivity contribution is 0.276. The zero-order valence-corrected chi connectivity index (χ0v) is 17.6. The Morgan fingerprint density at radius 1 is 1.00 bits per heavy atom. The van der Waals surface area contributed by atoms with Crippen LogP contribution in [-0.4, -0.2) is 20.3 Å². The van der Waals surface area contributed by atoms with Gasteiger partial charge in [-0.3, -0.25) is 0 Å². The summed E-state index contributed by atoms with van der Waals surface area (Å²) in [5.41, 5.74) is 2.36. The van der Waals surface area contributed by atoms with E-state index in [2.05, 4.69) is 59.4 Å². The van der Waals surface area contributed by atoms with Crippen LogP contribution in [0, 0.1) is 0 Å². The molecule has 5 heteroatoms. The second-order valence-corrected chi connectivity index (χ2v) is 6.91. The first-order valence-corrected chi connectivity index (χ1v) is 9.83. The predicted molar refractivity (Wildman–Crippen MR) is 109 cm³/mol. The van der Waals surface area contributed by atoms with E-state index in [0.717, 1.165) is 40.3 Å². The van der Waals surface area contributed by atoms with Gasteiger partial charge in [0.1, 0.15) is 5.75 Å². The number of rotatable bonds is 10. The Kier molecular flexibility index (Phi) is 8.26. The van der Waals surface area contributed by atoms with Crippen LogP contribution < -0.4 is 19.5 Å². The maximum absolute atomic E-state index is 5.76. The molecule has 1 N–H and O–H groups in total. The van der Waals surface area contributed by atoms with Crippen LogP contribution in [0.1, 0.15) is 44.4 Å². The highest BCUT2D eigenvalue weighted by Gasteiger charge is 2.10. The minimum Gasteiger partial charge on any atom is -0.496 e. The van der Waals surface area contributed by atoms with E-state index in [1.165, 1.54) is 5.56 Å². The number of methoxy groups -OCH3 is 1. The van der Waals surface area contributed by atoms with Gasteiger partial charge < -0.3 is 19.5 Å². The maximum atomic E-state index is 5.76. The standard InChI is InChI=1S/C21H28BrNO3/c1-5-11-26-20-9-7-16(12-21(20)25-6-2)14-23-15(3)17-8-10-19(24-4)18(22)13-17/h7-10,12-13,15,23H,5-6,11,14H2,1-4H3/t15-/m0/s1. The van der Waals surface area contributed by atoms with Crippen LogP contribution in [0.4, 0.5) is 0 Å². The predicted octanol–water partition coefficient (Wildman–Crippen LogP) is 5.50. The quantitative estimate of drug-likeness (QED) is 0.549. The molecular formula is C21H28BrNO3. The van der Waals surface area contributed by atoms with Crippen molar-refractivity contribution in [2.45, 2.75) is 39.8 Å². The van der Waals surface area contributed by atoms with Crippen molar-refractivity contribution in [2.24, 2.45) is 0 Å². The highest BCUT2D eigenvalue weighted by molar-refractivity contribution is 9.10. The van der Waals surface area contributed by atoms with Gasteiger partial charge >= 0.3 is 0 Å². The van der Waals surface area contributed by atoms with Crippen LogP contribution in [0.3, 0.4) is 0 Å². The third-order valence-corrected chi connectivity index (χ3v) is 4.68. The minimum atomic E-state index is 0.212. The summed E-state index contributed by atoms with van der Waals surface area (Å²) in [6.07, 6.45) is 0.976. The van der Waals surface area contributed by atoms with Gasteiger partial charge in [-0.25, -0.2) is 0 Å². The lowest BCUT2D eigenvalue weighted by Gasteiger charge is -2.17. The van der Waals surface area contributed by atoms with E-state index in [4.69, 9.17) is 14.2 Å². The number of halogens is 1. The average molecular weight is 422 g/mol. The first kappa shape index (κ1) is 20.6. The fourth-order valence-corrected chi connectivity index (χ4v) is 3.16. The Morgan fingerprint density at radius 2 is 1.77 bits per heavy atom. The van der Waals surface area contributed by atoms with Gasteiger partial charge in [0.25, 0.3) is 0 Å². The summed E-state index contributed by atoms with van der Waals surface area (Å²) in [5, 5.41) is 3.55. The fraction of sp³-hybridized carbons (Fsp3) is 0.429. The van der Waals surface area contributed by atoms with Crippen molar-refractivity contribution >= 4 is 15.9 Å². The molecule has 2 rings (SSSR count). The Hall–Kier alpha value is -1.72. The molecule has 0 bridgehead atoms. The van der Waals surface area contributed by atoms with Crippen molar-refractivity contribution in [1.29, 1.82) is 0 Å². The molecule has 0 unspecified atom stereocenters. The monoisotopic (exact) mass is 421 g/mol. The Balaban J connectivity index is 2.03. The summed E-state index contributed by atoms with van der Waals surface area (Å²) < 4.78 is 17.7. The molecule has 0 saturated carbocycles. The molecule has 1 atom stereocenters. The van der Waals surface area contributed by atoms with Crippen molar-refractivity contribution in [2.75, 3.05) is 20.3 Å². The van der Waals surface area contributed by atoms with Gasteiger partial charge in [-0.1, -0.05) is 19.1 Å². The summed E-state index contributed by atoms with van der Waals surface area (Å²) in [6, 6.07) is 12.5. The van der Waals surface area contributed by atoms with E-state index >= 15 is 0 Å². The maximum Gasteiger partial charge on any atom is 0.161 e. The molecular weight excluding hydrogens is 394 g/mol. The average Bonchev–Trinajstić information content (AvgIpc) is 2.65. The van der Waals surface area contributed by atoms with E-state index in [9.17, 15) is 0 Å². The van der Waals surface area contributed by atoms with E-state index in [0.29, 0.717) is 13.2 Å². The molecule has 0 aliphatic carbocycles. The highest BCUT2D eigenvalue weighted by atomic mass is 79.9. The highest BCUT2D eigenvalue weighted by Crippen LogP contribution is 2.30. The Bertz CT molecular complexity index is 706. The molecule has 0 spiro atoms. The second-order valence-electron chi connectivity index (χ2n) is 6.06. The lowest BCUT2D eigenvalue weighted by atomic mass is 10.1. The SMILES string of the molecule is CCCOc1ccc(CN[C@@H](C)c2ccc(OC)c(Br)c2)cc1OCC. The van der Waals surface area contributed by atoms with Crippen LogP contribution in [0.5, 0.6) is 17.2 Å². The molecule has 4 nitrogen and oxygen atoms in total. The van der Waals surface area contributed by atoms with Crippen LogP contribution in [0.25, 0.3) is 0 Å². The van der Waals surface area contributed by atoms with Crippen molar-refractivity contribution in [3.05, 3.63) is 52.0 Å². The molecule has 0 aliphatic heterocycles. The second kappa shape index (κ2) is 10.4. The van der Waals surface area contributed by atoms with Gasteiger partial charge in [0.15, 0.2) is 11.5 Å². The van der Waals surface area contributed by atoms with Crippen LogP contribution in [0.2, 0.25) is 0 Å². The summed E-state index contributed by atoms with van der Waals surface area (Å²) in [5.74, 6) is 2.45. The third-order valence-electron chi connectivity index (χ3n) is 4.06. The molecule has 0 aromatic heterocycles. The largest absolute Gasteiger partial charge is 0.496 e. The number of nitrogens with one attached hydrogen (secondary N) is 1. The molecule has 0 radical (unpaired) electrons. The van der Waals surface area contributed by atoms with Crippen molar-refractivity contribution < 1.29 is 14.2 Å². The fourth-order valence-electron chi connectivity index (χ4n) is 2.60. The topological polar surface area (TPSA) is 39.7 Å². The summed E-state index contributed by atoms with van der Waals surface area (Å²) in [4.78, 5) is 0. The van der Waals surface area contributed by atoms with Gasteiger partial charge in [0.05, 0.1) is 24.8 Å². The third kappa shape index (κ3) is 5.64. The first-order chi connectivity index (χ1) is 12.6. The molecule has 0 aliphatic rings. The van der Waals surface area contributed by atoms with Crippen molar-refractivity contribution in [3.63, 3.8) is 0 Å². The van der Waals surface area contributed by atoms with Crippen LogP contribution in [0.15, 0.2) is 40.9 Å².